The van der Waals surface area contributed by atoms with Crippen molar-refractivity contribution in [3.05, 3.63) is 33.8 Å². The van der Waals surface area contributed by atoms with Gasteiger partial charge in [0.25, 0.3) is 0 Å². The molecule has 0 saturated carbocycles. The molecular weight excluding hydrogens is 328 g/mol. The van der Waals surface area contributed by atoms with E-state index in [1.54, 1.807) is 0 Å². The molecule has 1 N–H and O–H groups in total. The van der Waals surface area contributed by atoms with E-state index in [0.29, 0.717) is 12.0 Å². The molecule has 3 nitrogen and oxygen atoms in total. The number of aryl methyl sites for hydroxylation is 1. The molecule has 1 aromatic carbocycles. The molecule has 1 aromatic rings. The van der Waals surface area contributed by atoms with E-state index in [4.69, 9.17) is 4.74 Å². The van der Waals surface area contributed by atoms with Crippen molar-refractivity contribution in [2.24, 2.45) is 5.92 Å². The van der Waals surface area contributed by atoms with Crippen molar-refractivity contribution in [3.8, 4) is 0 Å². The summed E-state index contributed by atoms with van der Waals surface area (Å²) in [5.41, 5.74) is 2.77. The fourth-order valence-electron chi connectivity index (χ4n) is 3.61. The molecule has 0 amide bonds. The van der Waals surface area contributed by atoms with Crippen molar-refractivity contribution in [3.63, 3.8) is 0 Å². The number of hydrogen-bond donors (Lipinski definition) is 1. The Balaban J connectivity index is 1.89. The molecule has 0 aromatic heterocycles. The van der Waals surface area contributed by atoms with Gasteiger partial charge in [-0.1, -0.05) is 28.1 Å². The van der Waals surface area contributed by atoms with Crippen molar-refractivity contribution >= 4 is 15.9 Å². The van der Waals surface area contributed by atoms with E-state index in [-0.39, 0.29) is 0 Å². The lowest BCUT2D eigenvalue weighted by atomic mass is 9.85. The van der Waals surface area contributed by atoms with Crippen LogP contribution in [0.4, 0.5) is 0 Å². The monoisotopic (exact) mass is 352 g/mol. The van der Waals surface area contributed by atoms with E-state index in [2.05, 4.69) is 51.3 Å². The van der Waals surface area contributed by atoms with E-state index in [1.807, 2.05) is 0 Å². The van der Waals surface area contributed by atoms with Gasteiger partial charge >= 0.3 is 0 Å². The van der Waals surface area contributed by atoms with Gasteiger partial charge in [-0.15, -0.1) is 0 Å². The summed E-state index contributed by atoms with van der Waals surface area (Å²) in [5.74, 6) is 0.704. The molecule has 2 aliphatic heterocycles. The summed E-state index contributed by atoms with van der Waals surface area (Å²) in [7, 11) is 0. The van der Waals surface area contributed by atoms with Crippen molar-refractivity contribution < 1.29 is 4.74 Å². The second-order valence-electron chi connectivity index (χ2n) is 6.21. The van der Waals surface area contributed by atoms with Crippen LogP contribution >= 0.6 is 15.9 Å². The highest BCUT2D eigenvalue weighted by Gasteiger charge is 2.32. The summed E-state index contributed by atoms with van der Waals surface area (Å²) in [4.78, 5) is 2.67. The minimum absolute atomic E-state index is 0.519. The summed E-state index contributed by atoms with van der Waals surface area (Å²) in [5, 5.41) is 3.47. The van der Waals surface area contributed by atoms with Gasteiger partial charge < -0.3 is 10.1 Å². The summed E-state index contributed by atoms with van der Waals surface area (Å²) in [6, 6.07) is 7.34. The molecule has 0 unspecified atom stereocenters. The minimum Gasteiger partial charge on any atom is -0.381 e. The van der Waals surface area contributed by atoms with Gasteiger partial charge in [0.15, 0.2) is 0 Å². The first-order chi connectivity index (χ1) is 10.3. The Morgan fingerprint density at radius 2 is 1.95 bits per heavy atom. The van der Waals surface area contributed by atoms with Crippen LogP contribution in [0, 0.1) is 12.8 Å². The third-order valence-corrected chi connectivity index (χ3v) is 5.42. The van der Waals surface area contributed by atoms with Crippen LogP contribution in [0.15, 0.2) is 22.7 Å². The van der Waals surface area contributed by atoms with Crippen LogP contribution in [-0.2, 0) is 4.74 Å². The Bertz CT molecular complexity index is 450. The van der Waals surface area contributed by atoms with Crippen LogP contribution in [0.2, 0.25) is 0 Å². The fraction of sp³-hybridized carbons (Fsp3) is 0.647. The third-order valence-electron chi connectivity index (χ3n) is 4.73. The molecule has 0 aliphatic carbocycles. The fourth-order valence-corrected chi connectivity index (χ4v) is 4.34. The topological polar surface area (TPSA) is 24.5 Å². The van der Waals surface area contributed by atoms with Crippen LogP contribution in [-0.4, -0.2) is 44.3 Å². The van der Waals surface area contributed by atoms with Crippen LogP contribution in [0.25, 0.3) is 0 Å². The Labute approximate surface area is 136 Å². The van der Waals surface area contributed by atoms with Crippen LogP contribution in [0.1, 0.15) is 30.0 Å². The molecule has 2 saturated heterocycles. The van der Waals surface area contributed by atoms with Gasteiger partial charge in [-0.3, -0.25) is 4.90 Å². The van der Waals surface area contributed by atoms with Gasteiger partial charge in [-0.05, 0) is 42.9 Å². The van der Waals surface area contributed by atoms with Crippen LogP contribution in [0.5, 0.6) is 0 Å². The summed E-state index contributed by atoms with van der Waals surface area (Å²) >= 11 is 3.81. The number of halogens is 1. The molecular formula is C17H25BrN2O. The molecule has 2 aliphatic rings. The number of rotatable bonds is 3. The SMILES string of the molecule is Cc1ccc([C@H](C2CCOCC2)N2CCNCC2)c(Br)c1. The maximum Gasteiger partial charge on any atom is 0.0469 e. The maximum absolute atomic E-state index is 5.58. The van der Waals surface area contributed by atoms with Gasteiger partial charge in [-0.2, -0.15) is 0 Å². The zero-order valence-electron chi connectivity index (χ0n) is 12.8. The molecule has 0 bridgehead atoms. The molecule has 4 heteroatoms. The summed E-state index contributed by atoms with van der Waals surface area (Å²) in [6.07, 6.45) is 2.35. The Kier molecular flexibility index (Phi) is 5.33. The number of ether oxygens (including phenoxy) is 1. The third kappa shape index (κ3) is 3.67. The van der Waals surface area contributed by atoms with Crippen LogP contribution < -0.4 is 5.32 Å². The van der Waals surface area contributed by atoms with Crippen LogP contribution in [0.3, 0.4) is 0 Å². The maximum atomic E-state index is 5.58. The van der Waals surface area contributed by atoms with E-state index >= 15 is 0 Å². The smallest absolute Gasteiger partial charge is 0.0469 e. The van der Waals surface area contributed by atoms with Crippen molar-refractivity contribution in [2.75, 3.05) is 39.4 Å². The van der Waals surface area contributed by atoms with Gasteiger partial charge in [0, 0.05) is 49.9 Å². The van der Waals surface area contributed by atoms with Gasteiger partial charge in [0.1, 0.15) is 0 Å². The normalized spacial score (nSPS) is 23.1. The minimum atomic E-state index is 0.519. The number of benzene rings is 1. The quantitative estimate of drug-likeness (QED) is 0.904. The molecule has 3 rings (SSSR count). The van der Waals surface area contributed by atoms with Gasteiger partial charge in [-0.25, -0.2) is 0 Å². The first-order valence-corrected chi connectivity index (χ1v) is 8.83. The predicted molar refractivity (Wildman–Crippen MR) is 89.6 cm³/mol. The van der Waals surface area contributed by atoms with E-state index in [1.165, 1.54) is 28.4 Å². The summed E-state index contributed by atoms with van der Waals surface area (Å²) in [6.45, 7) is 8.47. The Hall–Kier alpha value is -0.420. The largest absolute Gasteiger partial charge is 0.381 e. The molecule has 2 heterocycles. The van der Waals surface area contributed by atoms with E-state index in [9.17, 15) is 0 Å². The number of piperazine rings is 1. The number of hydrogen-bond acceptors (Lipinski definition) is 3. The highest BCUT2D eigenvalue weighted by atomic mass is 79.9. The second kappa shape index (κ2) is 7.23. The average Bonchev–Trinajstić information content (AvgIpc) is 2.52. The first-order valence-electron chi connectivity index (χ1n) is 8.04. The van der Waals surface area contributed by atoms with E-state index in [0.717, 1.165) is 39.4 Å². The average molecular weight is 353 g/mol. The highest BCUT2D eigenvalue weighted by Crippen LogP contribution is 2.38. The van der Waals surface area contributed by atoms with Gasteiger partial charge in [0.05, 0.1) is 0 Å². The first kappa shape index (κ1) is 15.5. The lowest BCUT2D eigenvalue weighted by Gasteiger charge is -2.41. The molecule has 1 atom stereocenters. The Morgan fingerprint density at radius 1 is 1.24 bits per heavy atom. The van der Waals surface area contributed by atoms with Crippen molar-refractivity contribution in [2.45, 2.75) is 25.8 Å². The number of nitrogens with zero attached hydrogens (tertiary/aromatic N) is 1. The van der Waals surface area contributed by atoms with Gasteiger partial charge in [0.2, 0.25) is 0 Å². The molecule has 21 heavy (non-hydrogen) atoms. The highest BCUT2D eigenvalue weighted by molar-refractivity contribution is 9.10. The Morgan fingerprint density at radius 3 is 2.62 bits per heavy atom. The second-order valence-corrected chi connectivity index (χ2v) is 7.06. The zero-order valence-corrected chi connectivity index (χ0v) is 14.4. The molecule has 0 radical (unpaired) electrons. The lowest BCUT2D eigenvalue weighted by molar-refractivity contribution is 0.0211. The zero-order chi connectivity index (χ0) is 14.7. The van der Waals surface area contributed by atoms with Crippen molar-refractivity contribution in [1.29, 1.82) is 0 Å². The van der Waals surface area contributed by atoms with Crippen molar-refractivity contribution in [1.82, 2.24) is 10.2 Å². The predicted octanol–water partition coefficient (Wildman–Crippen LogP) is 3.13. The lowest BCUT2D eigenvalue weighted by Crippen LogP contribution is -2.47. The molecule has 116 valence electrons. The molecule has 2 fully saturated rings. The number of nitrogens with one attached hydrogen (secondary N) is 1. The standard InChI is InChI=1S/C17H25BrN2O/c1-13-2-3-15(16(18)12-13)17(14-4-10-21-11-5-14)20-8-6-19-7-9-20/h2-3,12,14,17,19H,4-11H2,1H3/t17-/m0/s1. The summed E-state index contributed by atoms with van der Waals surface area (Å²) < 4.78 is 6.84. The van der Waals surface area contributed by atoms with E-state index < -0.39 is 0 Å². The molecule has 0 spiro atoms.